The molecule has 0 aliphatic carbocycles. The number of rotatable bonds is 7. The summed E-state index contributed by atoms with van der Waals surface area (Å²) in [6, 6.07) is 18.2. The summed E-state index contributed by atoms with van der Waals surface area (Å²) in [4.78, 5) is 17.5. The second-order valence-corrected chi connectivity index (χ2v) is 6.91. The van der Waals surface area contributed by atoms with E-state index in [1.807, 2.05) is 41.8 Å². The molecule has 0 radical (unpaired) electrons. The number of nitrogens with zero attached hydrogens (tertiary/aromatic N) is 2. The molecule has 8 heteroatoms. The second kappa shape index (κ2) is 8.57. The summed E-state index contributed by atoms with van der Waals surface area (Å²) in [6.45, 7) is -0.145. The van der Waals surface area contributed by atoms with E-state index in [2.05, 4.69) is 15.5 Å². The van der Waals surface area contributed by atoms with Crippen molar-refractivity contribution >= 4 is 22.9 Å². The van der Waals surface area contributed by atoms with E-state index in [-0.39, 0.29) is 12.5 Å². The van der Waals surface area contributed by atoms with E-state index in [9.17, 15) is 4.79 Å². The minimum absolute atomic E-state index is 0.145. The van der Waals surface area contributed by atoms with Crippen molar-refractivity contribution in [2.45, 2.75) is 0 Å². The van der Waals surface area contributed by atoms with Gasteiger partial charge in [-0.05, 0) is 35.7 Å². The number of nitrogens with one attached hydrogen (secondary N) is 1. The van der Waals surface area contributed by atoms with Gasteiger partial charge in [-0.15, -0.1) is 11.3 Å². The quantitative estimate of drug-likeness (QED) is 0.486. The number of anilines is 1. The Hall–Kier alpha value is -3.65. The van der Waals surface area contributed by atoms with Crippen LogP contribution in [0.4, 0.5) is 5.69 Å². The van der Waals surface area contributed by atoms with Gasteiger partial charge in [0.2, 0.25) is 5.82 Å². The van der Waals surface area contributed by atoms with Gasteiger partial charge < -0.3 is 19.3 Å². The van der Waals surface area contributed by atoms with Crippen molar-refractivity contribution in [2.75, 3.05) is 19.0 Å². The Morgan fingerprint density at radius 2 is 2.03 bits per heavy atom. The van der Waals surface area contributed by atoms with Gasteiger partial charge in [0, 0.05) is 5.56 Å². The lowest BCUT2D eigenvalue weighted by molar-refractivity contribution is -0.118. The van der Waals surface area contributed by atoms with Gasteiger partial charge in [0.15, 0.2) is 6.61 Å². The maximum atomic E-state index is 12.2. The van der Waals surface area contributed by atoms with Crippen LogP contribution in [0, 0.1) is 0 Å². The summed E-state index contributed by atoms with van der Waals surface area (Å²) in [5.74, 6) is 1.75. The fourth-order valence-corrected chi connectivity index (χ4v) is 3.29. The van der Waals surface area contributed by atoms with Crippen LogP contribution in [0.2, 0.25) is 0 Å². The third-order valence-electron chi connectivity index (χ3n) is 4.00. The molecule has 2 aromatic heterocycles. The Bertz CT molecular complexity index is 1110. The normalized spacial score (nSPS) is 10.5. The number of aromatic nitrogens is 2. The van der Waals surface area contributed by atoms with E-state index in [0.29, 0.717) is 28.9 Å². The monoisotopic (exact) mass is 407 g/mol. The zero-order valence-corrected chi connectivity index (χ0v) is 16.3. The van der Waals surface area contributed by atoms with Crippen molar-refractivity contribution in [1.82, 2.24) is 10.1 Å². The molecule has 146 valence electrons. The molecule has 0 saturated carbocycles. The number of hydrogen-bond donors (Lipinski definition) is 1. The zero-order chi connectivity index (χ0) is 20.1. The van der Waals surface area contributed by atoms with Crippen molar-refractivity contribution in [2.24, 2.45) is 0 Å². The second-order valence-electron chi connectivity index (χ2n) is 5.97. The summed E-state index contributed by atoms with van der Waals surface area (Å²) in [5, 5.41) is 8.74. The van der Waals surface area contributed by atoms with Crippen LogP contribution in [-0.2, 0) is 4.79 Å². The van der Waals surface area contributed by atoms with Gasteiger partial charge in [-0.1, -0.05) is 35.5 Å². The molecule has 0 aliphatic rings. The highest BCUT2D eigenvalue weighted by Crippen LogP contribution is 2.27. The van der Waals surface area contributed by atoms with Crippen LogP contribution in [0.15, 0.2) is 70.6 Å². The van der Waals surface area contributed by atoms with Gasteiger partial charge in [0.05, 0.1) is 17.7 Å². The molecule has 1 N–H and O–H groups in total. The number of amides is 1. The van der Waals surface area contributed by atoms with Crippen LogP contribution < -0.4 is 14.8 Å². The highest BCUT2D eigenvalue weighted by molar-refractivity contribution is 7.13. The number of para-hydroxylation sites is 2. The van der Waals surface area contributed by atoms with E-state index in [1.54, 1.807) is 31.4 Å². The van der Waals surface area contributed by atoms with Crippen molar-refractivity contribution < 1.29 is 18.8 Å². The maximum absolute atomic E-state index is 12.2. The van der Waals surface area contributed by atoms with Gasteiger partial charge in [0.1, 0.15) is 11.5 Å². The number of hydrogen-bond acceptors (Lipinski definition) is 7. The van der Waals surface area contributed by atoms with Crippen LogP contribution >= 0.6 is 11.3 Å². The van der Waals surface area contributed by atoms with E-state index in [0.717, 1.165) is 10.4 Å². The fraction of sp³-hybridized carbons (Fsp3) is 0.0952. The molecule has 7 nitrogen and oxygen atoms in total. The zero-order valence-electron chi connectivity index (χ0n) is 15.5. The van der Waals surface area contributed by atoms with Crippen LogP contribution in [0.1, 0.15) is 0 Å². The minimum atomic E-state index is -0.292. The Morgan fingerprint density at radius 1 is 1.14 bits per heavy atom. The summed E-state index contributed by atoms with van der Waals surface area (Å²) in [7, 11) is 1.55. The number of benzene rings is 2. The van der Waals surface area contributed by atoms with Crippen molar-refractivity contribution in [1.29, 1.82) is 0 Å². The molecule has 0 bridgehead atoms. The lowest BCUT2D eigenvalue weighted by atomic mass is 10.2. The van der Waals surface area contributed by atoms with Crippen LogP contribution in [0.5, 0.6) is 11.5 Å². The molecule has 4 rings (SSSR count). The third kappa shape index (κ3) is 4.44. The Morgan fingerprint density at radius 3 is 2.86 bits per heavy atom. The smallest absolute Gasteiger partial charge is 0.268 e. The van der Waals surface area contributed by atoms with Gasteiger partial charge >= 0.3 is 0 Å². The lowest BCUT2D eigenvalue weighted by Gasteiger charge is -2.10. The maximum Gasteiger partial charge on any atom is 0.268 e. The van der Waals surface area contributed by atoms with Gasteiger partial charge in [-0.2, -0.15) is 4.98 Å². The van der Waals surface area contributed by atoms with Gasteiger partial charge in [-0.25, -0.2) is 0 Å². The van der Waals surface area contributed by atoms with Crippen molar-refractivity contribution in [3.05, 3.63) is 66.0 Å². The Labute approximate surface area is 170 Å². The molecule has 4 aromatic rings. The number of carbonyl (C=O) groups is 1. The SMILES string of the molecule is COc1ccccc1NC(=O)COc1cccc(-c2noc(-c3cccs3)n2)c1. The van der Waals surface area contributed by atoms with E-state index >= 15 is 0 Å². The molecule has 0 aliphatic heterocycles. The average molecular weight is 407 g/mol. The number of carbonyl (C=O) groups excluding carboxylic acids is 1. The summed E-state index contributed by atoms with van der Waals surface area (Å²) in [5.41, 5.74) is 1.32. The molecule has 0 unspecified atom stereocenters. The van der Waals surface area contributed by atoms with Crippen molar-refractivity contribution in [3.63, 3.8) is 0 Å². The Balaban J connectivity index is 1.41. The molecule has 29 heavy (non-hydrogen) atoms. The van der Waals surface area contributed by atoms with Crippen molar-refractivity contribution in [3.8, 4) is 33.7 Å². The van der Waals surface area contributed by atoms with Crippen LogP contribution in [-0.4, -0.2) is 29.8 Å². The van der Waals surface area contributed by atoms with E-state index in [1.165, 1.54) is 11.3 Å². The largest absolute Gasteiger partial charge is 0.495 e. The topological polar surface area (TPSA) is 86.5 Å². The number of ether oxygens (including phenoxy) is 2. The van der Waals surface area contributed by atoms with Gasteiger partial charge in [-0.3, -0.25) is 4.79 Å². The first-order chi connectivity index (χ1) is 14.2. The van der Waals surface area contributed by atoms with E-state index in [4.69, 9.17) is 14.0 Å². The average Bonchev–Trinajstić information content (AvgIpc) is 3.45. The minimum Gasteiger partial charge on any atom is -0.495 e. The first kappa shape index (κ1) is 18.7. The first-order valence-corrected chi connectivity index (χ1v) is 9.64. The summed E-state index contributed by atoms with van der Waals surface area (Å²) in [6.07, 6.45) is 0. The lowest BCUT2D eigenvalue weighted by Crippen LogP contribution is -2.20. The van der Waals surface area contributed by atoms with Gasteiger partial charge in [0.25, 0.3) is 11.8 Å². The molecule has 0 spiro atoms. The van der Waals surface area contributed by atoms with E-state index < -0.39 is 0 Å². The molecular formula is C21H17N3O4S. The Kier molecular flexibility index (Phi) is 5.53. The molecule has 1 amide bonds. The predicted molar refractivity (Wildman–Crippen MR) is 110 cm³/mol. The molecule has 0 atom stereocenters. The van der Waals surface area contributed by atoms with Crippen LogP contribution in [0.25, 0.3) is 22.2 Å². The fourth-order valence-electron chi connectivity index (χ4n) is 2.65. The summed E-state index contributed by atoms with van der Waals surface area (Å²) >= 11 is 1.53. The predicted octanol–water partition coefficient (Wildman–Crippen LogP) is 4.49. The first-order valence-electron chi connectivity index (χ1n) is 8.76. The third-order valence-corrected chi connectivity index (χ3v) is 4.86. The highest BCUT2D eigenvalue weighted by Gasteiger charge is 2.13. The van der Waals surface area contributed by atoms with Crippen LogP contribution in [0.3, 0.4) is 0 Å². The number of methoxy groups -OCH3 is 1. The number of thiophene rings is 1. The molecule has 2 aromatic carbocycles. The summed E-state index contributed by atoms with van der Waals surface area (Å²) < 4.78 is 16.2. The molecule has 0 fully saturated rings. The molecular weight excluding hydrogens is 390 g/mol. The highest BCUT2D eigenvalue weighted by atomic mass is 32.1. The molecule has 0 saturated heterocycles. The standard InChI is InChI=1S/C21H17N3O4S/c1-26-17-9-3-2-8-16(17)22-19(25)13-27-15-7-4-6-14(12-15)20-23-21(28-24-20)18-10-5-11-29-18/h2-12H,13H2,1H3,(H,22,25). The molecule has 2 heterocycles.